The fourth-order valence-electron chi connectivity index (χ4n) is 4.78. The van der Waals surface area contributed by atoms with Crippen LogP contribution in [-0.2, 0) is 4.79 Å². The van der Waals surface area contributed by atoms with Crippen molar-refractivity contribution in [2.45, 2.75) is 117 Å². The van der Waals surface area contributed by atoms with E-state index in [1.807, 2.05) is 27.7 Å². The molecule has 0 bridgehead atoms. The molecule has 148 valence electrons. The van der Waals surface area contributed by atoms with Gasteiger partial charge in [-0.2, -0.15) is 0 Å². The highest BCUT2D eigenvalue weighted by Crippen LogP contribution is 2.38. The molecule has 3 atom stereocenters. The van der Waals surface area contributed by atoms with Crippen molar-refractivity contribution in [2.24, 2.45) is 17.6 Å². The Bertz CT molecular complexity index is 415. The first-order valence-electron chi connectivity index (χ1n) is 10.3. The van der Waals surface area contributed by atoms with Crippen molar-refractivity contribution in [2.75, 3.05) is 0 Å². The van der Waals surface area contributed by atoms with Crippen LogP contribution in [0.5, 0.6) is 0 Å². The van der Waals surface area contributed by atoms with E-state index >= 15 is 0 Å². The molecule has 1 amide bonds. The first-order valence-corrected chi connectivity index (χ1v) is 10.3. The van der Waals surface area contributed by atoms with Crippen molar-refractivity contribution < 1.29 is 9.90 Å². The van der Waals surface area contributed by atoms with Crippen LogP contribution in [-0.4, -0.2) is 33.2 Å². The number of nitrogens with two attached hydrogens (primary N) is 1. The number of aliphatic hydroxyl groups excluding tert-OH is 1. The highest BCUT2D eigenvalue weighted by atomic mass is 16.3. The van der Waals surface area contributed by atoms with E-state index in [-0.39, 0.29) is 17.4 Å². The van der Waals surface area contributed by atoms with Gasteiger partial charge in [-0.3, -0.25) is 4.79 Å². The Morgan fingerprint density at radius 1 is 1.16 bits per heavy atom. The molecule has 4 heteroatoms. The Morgan fingerprint density at radius 3 is 2.32 bits per heavy atom. The van der Waals surface area contributed by atoms with Gasteiger partial charge < -0.3 is 15.7 Å². The molecule has 1 saturated heterocycles. The molecule has 1 rings (SSSR count). The fourth-order valence-corrected chi connectivity index (χ4v) is 4.78. The van der Waals surface area contributed by atoms with E-state index in [2.05, 4.69) is 13.8 Å². The second-order valence-corrected chi connectivity index (χ2v) is 9.49. The number of nitrogens with zero attached hydrogens (tertiary/aromatic N) is 1. The van der Waals surface area contributed by atoms with Crippen LogP contribution in [0.2, 0.25) is 0 Å². The van der Waals surface area contributed by atoms with Gasteiger partial charge in [0.1, 0.15) is 6.23 Å². The third-order valence-electron chi connectivity index (χ3n) is 5.45. The summed E-state index contributed by atoms with van der Waals surface area (Å²) in [4.78, 5) is 14.8. The zero-order chi connectivity index (χ0) is 19.3. The van der Waals surface area contributed by atoms with Crippen molar-refractivity contribution in [1.82, 2.24) is 4.90 Å². The number of aliphatic hydroxyl groups is 1. The largest absolute Gasteiger partial charge is 0.373 e. The lowest BCUT2D eigenvalue weighted by Gasteiger charge is -2.42. The maximum absolute atomic E-state index is 13.0. The molecule has 0 aromatic heterocycles. The van der Waals surface area contributed by atoms with Crippen molar-refractivity contribution in [1.29, 1.82) is 0 Å². The Hall–Kier alpha value is -0.610. The molecule has 0 spiro atoms. The second kappa shape index (κ2) is 9.36. The summed E-state index contributed by atoms with van der Waals surface area (Å²) in [6.07, 6.45) is 8.80. The number of unbranched alkanes of at least 4 members (excludes halogenated alkanes) is 2. The standard InChI is InChI=1S/C21H42N2O2/c1-7-9-10-12-16(11-8-2)13-17-14-18(24)23(19(17)25)21(5,6)15-20(3,4)22/h16-18,24H,7-15,22H2,1-6H3. The number of amides is 1. The summed E-state index contributed by atoms with van der Waals surface area (Å²) in [5, 5.41) is 10.6. The Kier molecular flexibility index (Phi) is 8.40. The summed E-state index contributed by atoms with van der Waals surface area (Å²) in [7, 11) is 0. The van der Waals surface area contributed by atoms with Crippen LogP contribution in [0.3, 0.4) is 0 Å². The van der Waals surface area contributed by atoms with Crippen LogP contribution in [0.25, 0.3) is 0 Å². The van der Waals surface area contributed by atoms with Gasteiger partial charge in [0.25, 0.3) is 0 Å². The van der Waals surface area contributed by atoms with E-state index in [0.717, 1.165) is 12.8 Å². The summed E-state index contributed by atoms with van der Waals surface area (Å²) in [5.41, 5.74) is 5.39. The Labute approximate surface area is 155 Å². The SMILES string of the molecule is CCCCCC(CCC)CC1CC(O)N(C(C)(C)CC(C)(C)N)C1=O. The van der Waals surface area contributed by atoms with Gasteiger partial charge in [-0.25, -0.2) is 0 Å². The van der Waals surface area contributed by atoms with E-state index in [0.29, 0.717) is 18.8 Å². The summed E-state index contributed by atoms with van der Waals surface area (Å²) in [5.74, 6) is 0.693. The summed E-state index contributed by atoms with van der Waals surface area (Å²) < 4.78 is 0. The molecular weight excluding hydrogens is 312 g/mol. The zero-order valence-electron chi connectivity index (χ0n) is 17.5. The predicted molar refractivity (Wildman–Crippen MR) is 105 cm³/mol. The number of hydrogen-bond donors (Lipinski definition) is 2. The van der Waals surface area contributed by atoms with E-state index in [9.17, 15) is 9.90 Å². The van der Waals surface area contributed by atoms with E-state index in [1.54, 1.807) is 4.90 Å². The van der Waals surface area contributed by atoms with Crippen molar-refractivity contribution in [3.8, 4) is 0 Å². The predicted octanol–water partition coefficient (Wildman–Crippen LogP) is 4.45. The highest BCUT2D eigenvalue weighted by molar-refractivity contribution is 5.82. The molecule has 0 aromatic rings. The molecule has 3 N–H and O–H groups in total. The van der Waals surface area contributed by atoms with E-state index in [4.69, 9.17) is 5.73 Å². The molecule has 0 aliphatic carbocycles. The van der Waals surface area contributed by atoms with Crippen LogP contribution in [0.4, 0.5) is 0 Å². The number of carbonyl (C=O) groups is 1. The minimum absolute atomic E-state index is 0.0339. The average molecular weight is 355 g/mol. The van der Waals surface area contributed by atoms with Crippen LogP contribution < -0.4 is 5.73 Å². The smallest absolute Gasteiger partial charge is 0.228 e. The van der Waals surface area contributed by atoms with Crippen molar-refractivity contribution in [3.63, 3.8) is 0 Å². The topological polar surface area (TPSA) is 66.6 Å². The van der Waals surface area contributed by atoms with Gasteiger partial charge in [-0.15, -0.1) is 0 Å². The number of likely N-dealkylation sites (tertiary alicyclic amines) is 1. The minimum Gasteiger partial charge on any atom is -0.373 e. The third kappa shape index (κ3) is 6.90. The van der Waals surface area contributed by atoms with Gasteiger partial charge in [-0.05, 0) is 46.5 Å². The molecule has 1 heterocycles. The number of carbonyl (C=O) groups excluding carboxylic acids is 1. The van der Waals surface area contributed by atoms with E-state index in [1.165, 1.54) is 32.1 Å². The molecule has 1 aliphatic rings. The molecular formula is C21H42N2O2. The lowest BCUT2D eigenvalue weighted by atomic mass is 9.85. The van der Waals surface area contributed by atoms with Crippen LogP contribution in [0, 0.1) is 11.8 Å². The normalized spacial score (nSPS) is 23.4. The number of hydrogen-bond acceptors (Lipinski definition) is 3. The fraction of sp³-hybridized carbons (Fsp3) is 0.952. The molecule has 3 unspecified atom stereocenters. The van der Waals surface area contributed by atoms with Gasteiger partial charge >= 0.3 is 0 Å². The quantitative estimate of drug-likeness (QED) is 0.539. The summed E-state index contributed by atoms with van der Waals surface area (Å²) in [6.45, 7) is 12.4. The second-order valence-electron chi connectivity index (χ2n) is 9.49. The van der Waals surface area contributed by atoms with Gasteiger partial charge in [0.05, 0.1) is 0 Å². The molecule has 25 heavy (non-hydrogen) atoms. The average Bonchev–Trinajstić information content (AvgIpc) is 2.71. The van der Waals surface area contributed by atoms with Crippen molar-refractivity contribution in [3.05, 3.63) is 0 Å². The molecule has 1 aliphatic heterocycles. The maximum Gasteiger partial charge on any atom is 0.228 e. The van der Waals surface area contributed by atoms with Crippen molar-refractivity contribution >= 4 is 5.91 Å². The minimum atomic E-state index is -0.673. The number of rotatable bonds is 11. The van der Waals surface area contributed by atoms with E-state index < -0.39 is 11.8 Å². The highest BCUT2D eigenvalue weighted by Gasteiger charge is 2.47. The molecule has 0 radical (unpaired) electrons. The lowest BCUT2D eigenvalue weighted by molar-refractivity contribution is -0.144. The van der Waals surface area contributed by atoms with Gasteiger partial charge in [0, 0.05) is 23.4 Å². The van der Waals surface area contributed by atoms with Gasteiger partial charge in [-0.1, -0.05) is 52.4 Å². The molecule has 0 aromatic carbocycles. The summed E-state index contributed by atoms with van der Waals surface area (Å²) >= 11 is 0. The van der Waals surface area contributed by atoms with Gasteiger partial charge in [0.2, 0.25) is 5.91 Å². The third-order valence-corrected chi connectivity index (χ3v) is 5.45. The van der Waals surface area contributed by atoms with Gasteiger partial charge in [0.15, 0.2) is 0 Å². The Morgan fingerprint density at radius 2 is 1.80 bits per heavy atom. The van der Waals surface area contributed by atoms with Crippen LogP contribution in [0.15, 0.2) is 0 Å². The zero-order valence-corrected chi connectivity index (χ0v) is 17.5. The summed E-state index contributed by atoms with van der Waals surface area (Å²) in [6, 6.07) is 0. The lowest BCUT2D eigenvalue weighted by Crippen LogP contribution is -2.54. The maximum atomic E-state index is 13.0. The molecule has 4 nitrogen and oxygen atoms in total. The molecule has 1 fully saturated rings. The first kappa shape index (κ1) is 22.4. The monoisotopic (exact) mass is 354 g/mol. The first-order chi connectivity index (χ1) is 11.5. The Balaban J connectivity index is 2.76. The van der Waals surface area contributed by atoms with Crippen LogP contribution >= 0.6 is 0 Å². The van der Waals surface area contributed by atoms with Crippen LogP contribution in [0.1, 0.15) is 99.3 Å². The molecule has 0 saturated carbocycles.